The fraction of sp³-hybridized carbons (Fsp3) is 0.156. The van der Waals surface area contributed by atoms with Crippen LogP contribution >= 0.6 is 22.9 Å². The van der Waals surface area contributed by atoms with Crippen molar-refractivity contribution in [3.8, 4) is 38.3 Å². The summed E-state index contributed by atoms with van der Waals surface area (Å²) >= 11 is 7.72. The van der Waals surface area contributed by atoms with E-state index in [1.807, 2.05) is 66.7 Å². The van der Waals surface area contributed by atoms with Crippen LogP contribution in [0.3, 0.4) is 0 Å². The molecule has 0 N–H and O–H groups in total. The van der Waals surface area contributed by atoms with E-state index in [4.69, 9.17) is 26.1 Å². The Kier molecular flexibility index (Phi) is 8.19. The quantitative estimate of drug-likeness (QED) is 0.182. The van der Waals surface area contributed by atoms with E-state index in [0.29, 0.717) is 11.6 Å². The molecule has 3 nitrogen and oxygen atoms in total. The molecule has 37 heavy (non-hydrogen) atoms. The minimum Gasteiger partial charge on any atom is -0.489 e. The zero-order valence-corrected chi connectivity index (χ0v) is 22.3. The van der Waals surface area contributed by atoms with Gasteiger partial charge in [0.2, 0.25) is 0 Å². The smallest absolute Gasteiger partial charge is 0.127 e. The van der Waals surface area contributed by atoms with E-state index in [0.717, 1.165) is 63.9 Å². The van der Waals surface area contributed by atoms with Crippen LogP contribution in [0.2, 0.25) is 5.02 Å². The first kappa shape index (κ1) is 25.1. The summed E-state index contributed by atoms with van der Waals surface area (Å²) in [4.78, 5) is 6.26. The van der Waals surface area contributed by atoms with Crippen LogP contribution in [-0.2, 0) is 13.0 Å². The van der Waals surface area contributed by atoms with Gasteiger partial charge in [-0.15, -0.1) is 11.3 Å². The molecule has 5 aromatic rings. The molecule has 0 radical (unpaired) electrons. The van der Waals surface area contributed by atoms with Crippen molar-refractivity contribution in [2.24, 2.45) is 0 Å². The van der Waals surface area contributed by atoms with Crippen molar-refractivity contribution in [2.75, 3.05) is 0 Å². The zero-order chi connectivity index (χ0) is 25.5. The van der Waals surface area contributed by atoms with Crippen molar-refractivity contribution in [3.63, 3.8) is 0 Å². The molecule has 0 aliphatic carbocycles. The molecule has 0 saturated heterocycles. The Morgan fingerprint density at radius 2 is 1.35 bits per heavy atom. The Morgan fingerprint density at radius 3 is 2.03 bits per heavy atom. The number of aryl methyl sites for hydroxylation is 1. The van der Waals surface area contributed by atoms with Gasteiger partial charge < -0.3 is 9.47 Å². The summed E-state index contributed by atoms with van der Waals surface area (Å²) in [5.74, 6) is 2.40. The highest BCUT2D eigenvalue weighted by molar-refractivity contribution is 7.18. The molecular formula is C32H28ClNO2S. The van der Waals surface area contributed by atoms with Gasteiger partial charge in [-0.2, -0.15) is 0 Å². The van der Waals surface area contributed by atoms with Gasteiger partial charge in [0, 0.05) is 10.6 Å². The lowest BCUT2D eigenvalue weighted by molar-refractivity contribution is 0.306. The maximum Gasteiger partial charge on any atom is 0.127 e. The Bertz CT molecular complexity index is 1410. The highest BCUT2D eigenvalue weighted by atomic mass is 35.5. The molecule has 0 amide bonds. The number of hydrogen-bond acceptors (Lipinski definition) is 4. The first-order valence-corrected chi connectivity index (χ1v) is 13.7. The molecule has 1 heterocycles. The second kappa shape index (κ2) is 12.1. The van der Waals surface area contributed by atoms with Gasteiger partial charge in [-0.3, -0.25) is 0 Å². The van der Waals surface area contributed by atoms with E-state index in [1.165, 1.54) is 4.88 Å². The van der Waals surface area contributed by atoms with Gasteiger partial charge in [0.05, 0.1) is 10.6 Å². The molecule has 1 aromatic heterocycles. The van der Waals surface area contributed by atoms with Crippen molar-refractivity contribution < 1.29 is 9.47 Å². The maximum absolute atomic E-state index is 5.98. The summed E-state index contributed by atoms with van der Waals surface area (Å²) in [7, 11) is 0. The van der Waals surface area contributed by atoms with Gasteiger partial charge >= 0.3 is 0 Å². The van der Waals surface area contributed by atoms with Crippen LogP contribution in [0, 0.1) is 0 Å². The van der Waals surface area contributed by atoms with Crippen molar-refractivity contribution in [1.29, 1.82) is 0 Å². The van der Waals surface area contributed by atoms with E-state index in [-0.39, 0.29) is 0 Å². The summed E-state index contributed by atoms with van der Waals surface area (Å²) in [5.41, 5.74) is 4.56. The molecule has 0 bridgehead atoms. The van der Waals surface area contributed by atoms with E-state index in [1.54, 1.807) is 11.3 Å². The van der Waals surface area contributed by atoms with E-state index in [9.17, 15) is 0 Å². The number of rotatable bonds is 10. The Hall–Kier alpha value is -3.60. The van der Waals surface area contributed by atoms with Crippen LogP contribution in [0.4, 0.5) is 0 Å². The Morgan fingerprint density at radius 1 is 0.730 bits per heavy atom. The standard InChI is InChI=1S/C32H28ClNO2S/c1-2-3-9-30-31(24-10-18-28(19-11-24)36-29-20-14-26(33)15-21-29)37-32(34-30)25-12-16-27(17-13-25)35-22-23-7-5-4-6-8-23/h4-8,10-21H,2-3,9,22H2,1H3. The third-order valence-corrected chi connectivity index (χ3v) is 7.43. The largest absolute Gasteiger partial charge is 0.489 e. The second-order valence-corrected chi connectivity index (χ2v) is 10.2. The molecule has 186 valence electrons. The zero-order valence-electron chi connectivity index (χ0n) is 20.7. The van der Waals surface area contributed by atoms with Gasteiger partial charge in [-0.05, 0) is 96.8 Å². The molecule has 0 unspecified atom stereocenters. The third kappa shape index (κ3) is 6.59. The molecule has 0 atom stereocenters. The monoisotopic (exact) mass is 525 g/mol. The van der Waals surface area contributed by atoms with Gasteiger partial charge in [0.15, 0.2) is 0 Å². The number of aromatic nitrogens is 1. The lowest BCUT2D eigenvalue weighted by Crippen LogP contribution is -1.94. The Balaban J connectivity index is 1.33. The molecule has 0 aliphatic rings. The highest BCUT2D eigenvalue weighted by Gasteiger charge is 2.15. The van der Waals surface area contributed by atoms with Crippen molar-refractivity contribution in [1.82, 2.24) is 4.98 Å². The van der Waals surface area contributed by atoms with Crippen LogP contribution in [-0.4, -0.2) is 4.98 Å². The van der Waals surface area contributed by atoms with Crippen LogP contribution < -0.4 is 9.47 Å². The van der Waals surface area contributed by atoms with Crippen molar-refractivity contribution >= 4 is 22.9 Å². The lowest BCUT2D eigenvalue weighted by atomic mass is 10.1. The fourth-order valence-corrected chi connectivity index (χ4v) is 5.21. The average Bonchev–Trinajstić information content (AvgIpc) is 3.37. The van der Waals surface area contributed by atoms with Gasteiger partial charge in [0.1, 0.15) is 28.9 Å². The second-order valence-electron chi connectivity index (χ2n) is 8.78. The lowest BCUT2D eigenvalue weighted by Gasteiger charge is -2.07. The number of benzene rings is 4. The number of nitrogens with zero attached hydrogens (tertiary/aromatic N) is 1. The van der Waals surface area contributed by atoms with Gasteiger partial charge in [-0.25, -0.2) is 4.98 Å². The van der Waals surface area contributed by atoms with Crippen LogP contribution in [0.15, 0.2) is 103 Å². The minimum absolute atomic E-state index is 0.556. The molecular weight excluding hydrogens is 498 g/mol. The minimum atomic E-state index is 0.556. The summed E-state index contributed by atoms with van der Waals surface area (Å²) in [6.45, 7) is 2.77. The predicted molar refractivity (Wildman–Crippen MR) is 154 cm³/mol. The Labute approximate surface area is 227 Å². The van der Waals surface area contributed by atoms with Crippen molar-refractivity contribution in [3.05, 3.63) is 119 Å². The average molecular weight is 526 g/mol. The molecule has 0 fully saturated rings. The first-order chi connectivity index (χ1) is 18.2. The number of thiazole rings is 1. The number of ether oxygens (including phenoxy) is 2. The first-order valence-electron chi connectivity index (χ1n) is 12.5. The molecule has 0 aliphatic heterocycles. The van der Waals surface area contributed by atoms with Gasteiger partial charge in [-0.1, -0.05) is 55.3 Å². The summed E-state index contributed by atoms with van der Waals surface area (Å²) < 4.78 is 11.9. The van der Waals surface area contributed by atoms with E-state index >= 15 is 0 Å². The number of halogens is 1. The van der Waals surface area contributed by atoms with Crippen LogP contribution in [0.25, 0.3) is 21.0 Å². The normalized spacial score (nSPS) is 10.9. The summed E-state index contributed by atoms with van der Waals surface area (Å²) in [5, 5.41) is 1.72. The van der Waals surface area contributed by atoms with Crippen LogP contribution in [0.5, 0.6) is 17.2 Å². The SMILES string of the molecule is CCCCc1nc(-c2ccc(OCc3ccccc3)cc2)sc1-c1ccc(Oc2ccc(Cl)cc2)cc1. The third-order valence-electron chi connectivity index (χ3n) is 5.98. The van der Waals surface area contributed by atoms with Crippen molar-refractivity contribution in [2.45, 2.75) is 32.8 Å². The number of unbranched alkanes of at least 4 members (excludes halogenated alkanes) is 1. The molecule has 0 spiro atoms. The molecule has 4 aromatic carbocycles. The predicted octanol–water partition coefficient (Wildman–Crippen LogP) is 9.84. The van der Waals surface area contributed by atoms with E-state index in [2.05, 4.69) is 43.3 Å². The topological polar surface area (TPSA) is 31.4 Å². The highest BCUT2D eigenvalue weighted by Crippen LogP contribution is 2.38. The molecule has 5 rings (SSSR count). The van der Waals surface area contributed by atoms with Crippen LogP contribution in [0.1, 0.15) is 31.0 Å². The van der Waals surface area contributed by atoms with Gasteiger partial charge in [0.25, 0.3) is 0 Å². The molecule has 0 saturated carbocycles. The van der Waals surface area contributed by atoms with E-state index < -0.39 is 0 Å². The fourth-order valence-electron chi connectivity index (χ4n) is 3.96. The molecule has 5 heteroatoms. The summed E-state index contributed by atoms with van der Waals surface area (Å²) in [6, 6.07) is 34.0. The summed E-state index contributed by atoms with van der Waals surface area (Å²) in [6.07, 6.45) is 3.21. The maximum atomic E-state index is 5.98. The number of hydrogen-bond donors (Lipinski definition) is 0.